The fourth-order valence-electron chi connectivity index (χ4n) is 5.59. The number of methoxy groups -OCH3 is 3. The molecule has 9 heteroatoms. The van der Waals surface area contributed by atoms with Gasteiger partial charge in [0.15, 0.2) is 17.3 Å². The first-order valence-electron chi connectivity index (χ1n) is 12.8. The van der Waals surface area contributed by atoms with Gasteiger partial charge in [-0.15, -0.1) is 5.10 Å². The number of nitrogens with zero attached hydrogens (tertiary/aromatic N) is 6. The summed E-state index contributed by atoms with van der Waals surface area (Å²) < 4.78 is 19.1. The molecule has 0 N–H and O–H groups in total. The standard InChI is InChI=1S/C27H36N6O3/c1-34-23-17-21(18-24(35-2)26(23)36-3)25(27-28-29-30-33(27)22-11-7-8-12-22)32-15-13-31(14-16-32)19-20-9-5-4-6-10-20/h4-6,9-10,17-18,22,25H,7-8,11-16,19H2,1-3H3. The summed E-state index contributed by atoms with van der Waals surface area (Å²) >= 11 is 0. The Morgan fingerprint density at radius 1 is 0.889 bits per heavy atom. The Balaban J connectivity index is 1.47. The summed E-state index contributed by atoms with van der Waals surface area (Å²) in [6, 6.07) is 15.0. The van der Waals surface area contributed by atoms with Crippen molar-refractivity contribution in [1.29, 1.82) is 0 Å². The van der Waals surface area contributed by atoms with Gasteiger partial charge in [-0.3, -0.25) is 9.80 Å². The molecule has 192 valence electrons. The maximum Gasteiger partial charge on any atom is 0.203 e. The van der Waals surface area contributed by atoms with Crippen LogP contribution >= 0.6 is 0 Å². The molecule has 2 heterocycles. The lowest BCUT2D eigenvalue weighted by molar-refractivity contribution is 0.0991. The molecular weight excluding hydrogens is 456 g/mol. The van der Waals surface area contributed by atoms with E-state index in [9.17, 15) is 0 Å². The normalized spacial score (nSPS) is 18.3. The van der Waals surface area contributed by atoms with Gasteiger partial charge in [0.2, 0.25) is 5.75 Å². The van der Waals surface area contributed by atoms with Crippen molar-refractivity contribution in [2.24, 2.45) is 0 Å². The lowest BCUT2D eigenvalue weighted by Crippen LogP contribution is -2.48. The van der Waals surface area contributed by atoms with Crippen LogP contribution in [0, 0.1) is 0 Å². The zero-order chi connectivity index (χ0) is 24.9. The average Bonchev–Trinajstić information content (AvgIpc) is 3.62. The second kappa shape index (κ2) is 11.3. The van der Waals surface area contributed by atoms with Gasteiger partial charge in [0.1, 0.15) is 0 Å². The van der Waals surface area contributed by atoms with Crippen LogP contribution in [0.3, 0.4) is 0 Å². The first-order chi connectivity index (χ1) is 17.7. The van der Waals surface area contributed by atoms with Crippen molar-refractivity contribution in [3.63, 3.8) is 0 Å². The first kappa shape index (κ1) is 24.5. The molecule has 1 saturated heterocycles. The van der Waals surface area contributed by atoms with Crippen molar-refractivity contribution >= 4 is 0 Å². The second-order valence-corrected chi connectivity index (χ2v) is 9.58. The number of piperazine rings is 1. The van der Waals surface area contributed by atoms with Crippen LogP contribution in [0.4, 0.5) is 0 Å². The number of rotatable bonds is 9. The van der Waals surface area contributed by atoms with Crippen molar-refractivity contribution in [3.05, 3.63) is 59.4 Å². The van der Waals surface area contributed by atoms with E-state index < -0.39 is 0 Å². The second-order valence-electron chi connectivity index (χ2n) is 9.58. The SMILES string of the molecule is COc1cc(C(c2nnnn2C2CCCC2)N2CCN(Cc3ccccc3)CC2)cc(OC)c1OC. The lowest BCUT2D eigenvalue weighted by Gasteiger charge is -2.39. The summed E-state index contributed by atoms with van der Waals surface area (Å²) in [6.45, 7) is 4.72. The molecule has 0 radical (unpaired) electrons. The van der Waals surface area contributed by atoms with Gasteiger partial charge in [-0.1, -0.05) is 43.2 Å². The highest BCUT2D eigenvalue weighted by molar-refractivity contribution is 5.55. The summed E-state index contributed by atoms with van der Waals surface area (Å²) in [5, 5.41) is 13.2. The number of ether oxygens (including phenoxy) is 3. The fraction of sp³-hybridized carbons (Fsp3) is 0.519. The molecule has 3 aromatic rings. The van der Waals surface area contributed by atoms with Crippen LogP contribution in [0.1, 0.15) is 54.7 Å². The largest absolute Gasteiger partial charge is 0.493 e. The van der Waals surface area contributed by atoms with Gasteiger partial charge in [-0.25, -0.2) is 4.68 Å². The van der Waals surface area contributed by atoms with E-state index in [1.165, 1.54) is 18.4 Å². The molecule has 2 fully saturated rings. The molecule has 5 rings (SSSR count). The number of hydrogen-bond donors (Lipinski definition) is 0. The molecular formula is C27H36N6O3. The van der Waals surface area contributed by atoms with Gasteiger partial charge >= 0.3 is 0 Å². The third kappa shape index (κ3) is 5.03. The van der Waals surface area contributed by atoms with Crippen LogP contribution in [0.25, 0.3) is 0 Å². The Morgan fingerprint density at radius 2 is 1.56 bits per heavy atom. The first-order valence-corrected chi connectivity index (χ1v) is 12.8. The van der Waals surface area contributed by atoms with Crippen LogP contribution in [-0.2, 0) is 6.54 Å². The van der Waals surface area contributed by atoms with E-state index in [0.717, 1.165) is 57.0 Å². The topological polar surface area (TPSA) is 77.8 Å². The molecule has 36 heavy (non-hydrogen) atoms. The van der Waals surface area contributed by atoms with E-state index in [4.69, 9.17) is 14.2 Å². The molecule has 1 aliphatic carbocycles. The zero-order valence-corrected chi connectivity index (χ0v) is 21.5. The monoisotopic (exact) mass is 492 g/mol. The molecule has 0 bridgehead atoms. The summed E-state index contributed by atoms with van der Waals surface area (Å²) in [6.07, 6.45) is 4.67. The smallest absolute Gasteiger partial charge is 0.203 e. The predicted octanol–water partition coefficient (Wildman–Crippen LogP) is 3.72. The van der Waals surface area contributed by atoms with E-state index in [-0.39, 0.29) is 6.04 Å². The Labute approximate surface area is 212 Å². The molecule has 0 amide bonds. The van der Waals surface area contributed by atoms with Gasteiger partial charge in [0, 0.05) is 32.7 Å². The third-order valence-electron chi connectivity index (χ3n) is 7.46. The summed E-state index contributed by atoms with van der Waals surface area (Å²) in [4.78, 5) is 5.00. The molecule has 0 spiro atoms. The molecule has 1 unspecified atom stereocenters. The minimum Gasteiger partial charge on any atom is -0.493 e. The van der Waals surface area contributed by atoms with Crippen LogP contribution in [0.5, 0.6) is 17.2 Å². The van der Waals surface area contributed by atoms with Crippen LogP contribution in [0.15, 0.2) is 42.5 Å². The highest BCUT2D eigenvalue weighted by atomic mass is 16.5. The van der Waals surface area contributed by atoms with Crippen molar-refractivity contribution in [3.8, 4) is 17.2 Å². The Hall–Kier alpha value is -3.17. The number of tetrazole rings is 1. The maximum absolute atomic E-state index is 5.70. The van der Waals surface area contributed by atoms with Crippen molar-refractivity contribution < 1.29 is 14.2 Å². The van der Waals surface area contributed by atoms with E-state index in [1.54, 1.807) is 21.3 Å². The Kier molecular flexibility index (Phi) is 7.67. The molecule has 2 aliphatic rings. The zero-order valence-electron chi connectivity index (χ0n) is 21.5. The Bertz CT molecular complexity index is 1100. The summed E-state index contributed by atoms with van der Waals surface area (Å²) in [7, 11) is 4.94. The van der Waals surface area contributed by atoms with Gasteiger partial charge in [-0.05, 0) is 46.5 Å². The summed E-state index contributed by atoms with van der Waals surface area (Å²) in [5.74, 6) is 2.75. The minimum absolute atomic E-state index is 0.117. The van der Waals surface area contributed by atoms with Crippen molar-refractivity contribution in [1.82, 2.24) is 30.0 Å². The van der Waals surface area contributed by atoms with Crippen LogP contribution < -0.4 is 14.2 Å². The molecule has 2 aromatic carbocycles. The van der Waals surface area contributed by atoms with Gasteiger partial charge in [0.25, 0.3) is 0 Å². The average molecular weight is 493 g/mol. The quantitative estimate of drug-likeness (QED) is 0.447. The van der Waals surface area contributed by atoms with Gasteiger partial charge < -0.3 is 14.2 Å². The molecule has 1 atom stereocenters. The van der Waals surface area contributed by atoms with Gasteiger partial charge in [0.05, 0.1) is 33.4 Å². The molecule has 1 aliphatic heterocycles. The van der Waals surface area contributed by atoms with Gasteiger partial charge in [-0.2, -0.15) is 0 Å². The highest BCUT2D eigenvalue weighted by Crippen LogP contribution is 2.43. The number of aromatic nitrogens is 4. The molecule has 1 aromatic heterocycles. The lowest BCUT2D eigenvalue weighted by atomic mass is 10.0. The predicted molar refractivity (Wildman–Crippen MR) is 137 cm³/mol. The molecule has 1 saturated carbocycles. The minimum atomic E-state index is -0.117. The van der Waals surface area contributed by atoms with E-state index in [1.807, 2.05) is 12.1 Å². The number of benzene rings is 2. The highest BCUT2D eigenvalue weighted by Gasteiger charge is 2.34. The third-order valence-corrected chi connectivity index (χ3v) is 7.46. The van der Waals surface area contributed by atoms with Crippen LogP contribution in [0.2, 0.25) is 0 Å². The van der Waals surface area contributed by atoms with Crippen molar-refractivity contribution in [2.75, 3.05) is 47.5 Å². The van der Waals surface area contributed by atoms with Crippen LogP contribution in [-0.4, -0.2) is 77.5 Å². The summed E-state index contributed by atoms with van der Waals surface area (Å²) in [5.41, 5.74) is 2.38. The fourth-order valence-corrected chi connectivity index (χ4v) is 5.59. The van der Waals surface area contributed by atoms with E-state index >= 15 is 0 Å². The van der Waals surface area contributed by atoms with Crippen molar-refractivity contribution in [2.45, 2.75) is 44.3 Å². The Morgan fingerprint density at radius 3 is 2.17 bits per heavy atom. The van der Waals surface area contributed by atoms with E-state index in [2.05, 4.69) is 60.3 Å². The van der Waals surface area contributed by atoms with E-state index in [0.29, 0.717) is 23.3 Å². The number of hydrogen-bond acceptors (Lipinski definition) is 8. The molecule has 9 nitrogen and oxygen atoms in total. The maximum atomic E-state index is 5.70.